The van der Waals surface area contributed by atoms with Gasteiger partial charge in [-0.25, -0.2) is 18.6 Å². The molecule has 4 rings (SSSR count). The number of benzene rings is 1. The van der Waals surface area contributed by atoms with Crippen molar-refractivity contribution in [3.8, 4) is 11.1 Å². The van der Waals surface area contributed by atoms with E-state index in [9.17, 15) is 13.6 Å². The van der Waals surface area contributed by atoms with Crippen LogP contribution in [0.2, 0.25) is 0 Å². The predicted octanol–water partition coefficient (Wildman–Crippen LogP) is 5.20. The molecule has 2 aromatic heterocycles. The number of alkyl halides is 1. The molecule has 3 aromatic rings. The molecule has 1 aliphatic rings. The number of pyridine rings is 1. The van der Waals surface area contributed by atoms with Crippen LogP contribution in [0.4, 0.5) is 25.1 Å². The molecule has 0 radical (unpaired) electrons. The van der Waals surface area contributed by atoms with Crippen molar-refractivity contribution in [1.29, 1.82) is 0 Å². The summed E-state index contributed by atoms with van der Waals surface area (Å²) < 4.78 is 34.7. The lowest BCUT2D eigenvalue weighted by molar-refractivity contribution is 0.216. The third-order valence-corrected chi connectivity index (χ3v) is 5.88. The maximum atomic E-state index is 14.6. The molecule has 1 saturated heterocycles. The van der Waals surface area contributed by atoms with E-state index in [0.717, 1.165) is 5.76 Å². The number of halogens is 2. The molecule has 2 unspecified atom stereocenters. The van der Waals surface area contributed by atoms with Gasteiger partial charge in [-0.1, -0.05) is 27.4 Å². The number of aromatic nitrogens is 1. The van der Waals surface area contributed by atoms with Gasteiger partial charge in [0, 0.05) is 37.3 Å². The summed E-state index contributed by atoms with van der Waals surface area (Å²) in [4.78, 5) is 20.7. The zero-order chi connectivity index (χ0) is 22.9. The summed E-state index contributed by atoms with van der Waals surface area (Å²) in [5, 5.41) is 1.44. The molecule has 6 nitrogen and oxygen atoms in total. The van der Waals surface area contributed by atoms with Crippen LogP contribution in [0.25, 0.3) is 11.1 Å². The van der Waals surface area contributed by atoms with Crippen LogP contribution in [0.1, 0.15) is 17.9 Å². The fourth-order valence-corrected chi connectivity index (χ4v) is 4.12. The van der Waals surface area contributed by atoms with Gasteiger partial charge in [0.1, 0.15) is 22.7 Å². The molecule has 0 bridgehead atoms. The van der Waals surface area contributed by atoms with E-state index in [1.54, 1.807) is 42.4 Å². The van der Waals surface area contributed by atoms with Gasteiger partial charge in [0.25, 0.3) is 0 Å². The Labute approximate surface area is 187 Å². The van der Waals surface area contributed by atoms with Crippen LogP contribution in [0.15, 0.2) is 53.1 Å². The fourth-order valence-electron chi connectivity index (χ4n) is 3.77. The zero-order valence-corrected chi connectivity index (χ0v) is 19.1. The molecule has 32 heavy (non-hydrogen) atoms. The lowest BCUT2D eigenvalue weighted by Gasteiger charge is -2.25. The summed E-state index contributed by atoms with van der Waals surface area (Å²) in [5.74, 6) is 1.38. The number of urea groups is 1. The van der Waals surface area contributed by atoms with Crippen LogP contribution in [0, 0.1) is 12.7 Å². The highest BCUT2D eigenvalue weighted by Crippen LogP contribution is 2.40. The molecule has 1 fully saturated rings. The number of nitrogens with zero attached hydrogens (tertiary/aromatic N) is 3. The summed E-state index contributed by atoms with van der Waals surface area (Å²) >= 11 is 0. The first-order valence-electron chi connectivity index (χ1n) is 10.3. The molecule has 0 spiro atoms. The van der Waals surface area contributed by atoms with Gasteiger partial charge < -0.3 is 19.5 Å². The quantitative estimate of drug-likeness (QED) is 0.534. The topological polar surface area (TPSA) is 61.6 Å². The number of rotatable bonds is 5. The molecule has 1 N–H and O–H groups in total. The molecule has 1 aliphatic heterocycles. The number of nitrogens with one attached hydrogen (secondary N) is 1. The highest BCUT2D eigenvalue weighted by molar-refractivity contribution is 7.18. The highest BCUT2D eigenvalue weighted by Gasteiger charge is 2.36. The van der Waals surface area contributed by atoms with Gasteiger partial charge >= 0.3 is 6.03 Å². The molecule has 0 aliphatic carbocycles. The minimum atomic E-state index is -1.44. The van der Waals surface area contributed by atoms with Crippen molar-refractivity contribution in [2.45, 2.75) is 25.3 Å². The standard InChI is InChI=1S/C23H25F2N4O2P/c1-15-7-8-16(31-15)13-28(2)22(30)27-20-18(17-5-3-4-6-19(17)24)9-11-26-21(20)29-12-10-23(25,32)14-29/h3-9,11H,10,12-14,32H2,1-2H3,(H,27,30). The van der Waals surface area contributed by atoms with E-state index in [1.165, 1.54) is 11.0 Å². The van der Waals surface area contributed by atoms with Crippen molar-refractivity contribution >= 4 is 26.8 Å². The van der Waals surface area contributed by atoms with Crippen molar-refractivity contribution < 1.29 is 18.0 Å². The van der Waals surface area contributed by atoms with Crippen molar-refractivity contribution in [1.82, 2.24) is 9.88 Å². The number of hydrogen-bond acceptors (Lipinski definition) is 4. The Morgan fingerprint density at radius 1 is 1.28 bits per heavy atom. The Hall–Kier alpha value is -2.99. The van der Waals surface area contributed by atoms with E-state index in [0.29, 0.717) is 41.4 Å². The minimum absolute atomic E-state index is 0.107. The van der Waals surface area contributed by atoms with E-state index in [1.807, 2.05) is 19.1 Å². The molecule has 2 atom stereocenters. The smallest absolute Gasteiger partial charge is 0.322 e. The Morgan fingerprint density at radius 2 is 2.06 bits per heavy atom. The average molecular weight is 458 g/mol. The van der Waals surface area contributed by atoms with Gasteiger partial charge in [-0.05, 0) is 31.2 Å². The maximum Gasteiger partial charge on any atom is 0.322 e. The summed E-state index contributed by atoms with van der Waals surface area (Å²) in [6, 6.07) is 11.2. The van der Waals surface area contributed by atoms with Gasteiger partial charge in [0.2, 0.25) is 0 Å². The van der Waals surface area contributed by atoms with Crippen molar-refractivity contribution in [2.24, 2.45) is 0 Å². The van der Waals surface area contributed by atoms with Crippen LogP contribution in [0.3, 0.4) is 0 Å². The van der Waals surface area contributed by atoms with Gasteiger partial charge in [-0.2, -0.15) is 0 Å². The fraction of sp³-hybridized carbons (Fsp3) is 0.304. The Balaban J connectivity index is 1.69. The predicted molar refractivity (Wildman–Crippen MR) is 124 cm³/mol. The van der Waals surface area contributed by atoms with Gasteiger partial charge in [0.05, 0.1) is 18.8 Å². The minimum Gasteiger partial charge on any atom is -0.464 e. The molecule has 0 saturated carbocycles. The van der Waals surface area contributed by atoms with E-state index >= 15 is 0 Å². The first kappa shape index (κ1) is 22.2. The Morgan fingerprint density at radius 3 is 2.72 bits per heavy atom. The Kier molecular flexibility index (Phi) is 6.15. The first-order chi connectivity index (χ1) is 15.2. The third-order valence-electron chi connectivity index (χ3n) is 5.41. The lowest BCUT2D eigenvalue weighted by Crippen LogP contribution is -2.32. The number of aryl methyl sites for hydroxylation is 1. The van der Waals surface area contributed by atoms with Crippen molar-refractivity contribution in [2.75, 3.05) is 30.4 Å². The first-order valence-corrected chi connectivity index (χ1v) is 10.9. The van der Waals surface area contributed by atoms with Gasteiger partial charge in [-0.3, -0.25) is 0 Å². The normalized spacial score (nSPS) is 18.1. The number of furan rings is 1. The monoisotopic (exact) mass is 458 g/mol. The zero-order valence-electron chi connectivity index (χ0n) is 17.9. The second kappa shape index (κ2) is 8.87. The molecular formula is C23H25F2N4O2P. The van der Waals surface area contributed by atoms with Crippen LogP contribution in [0.5, 0.6) is 0 Å². The summed E-state index contributed by atoms with van der Waals surface area (Å²) in [5.41, 5.74) is 1.14. The van der Waals surface area contributed by atoms with E-state index < -0.39 is 17.3 Å². The molecule has 9 heteroatoms. The molecule has 3 heterocycles. The van der Waals surface area contributed by atoms with E-state index in [2.05, 4.69) is 19.5 Å². The highest BCUT2D eigenvalue weighted by atomic mass is 31.0. The van der Waals surface area contributed by atoms with Crippen LogP contribution < -0.4 is 10.2 Å². The van der Waals surface area contributed by atoms with Gasteiger partial charge in [0.15, 0.2) is 5.82 Å². The molecule has 2 amide bonds. The third kappa shape index (κ3) is 4.75. The molecule has 168 valence electrons. The lowest BCUT2D eigenvalue weighted by atomic mass is 10.0. The van der Waals surface area contributed by atoms with Gasteiger partial charge in [-0.15, -0.1) is 0 Å². The van der Waals surface area contributed by atoms with Crippen LogP contribution >= 0.6 is 9.24 Å². The number of amides is 2. The number of carbonyl (C=O) groups excluding carboxylic acids is 1. The van der Waals surface area contributed by atoms with E-state index in [4.69, 9.17) is 4.42 Å². The number of hydrogen-bond donors (Lipinski definition) is 1. The molecular weight excluding hydrogens is 433 g/mol. The molecule has 1 aromatic carbocycles. The number of anilines is 2. The second-order valence-electron chi connectivity index (χ2n) is 8.04. The summed E-state index contributed by atoms with van der Waals surface area (Å²) in [7, 11) is 3.87. The summed E-state index contributed by atoms with van der Waals surface area (Å²) in [6.45, 7) is 2.63. The summed E-state index contributed by atoms with van der Waals surface area (Å²) in [6.07, 6.45) is 1.86. The van der Waals surface area contributed by atoms with Crippen molar-refractivity contribution in [3.05, 3.63) is 66.0 Å². The van der Waals surface area contributed by atoms with E-state index in [-0.39, 0.29) is 13.1 Å². The van der Waals surface area contributed by atoms with Crippen LogP contribution in [-0.2, 0) is 6.54 Å². The average Bonchev–Trinajstić information content (AvgIpc) is 3.33. The van der Waals surface area contributed by atoms with Crippen molar-refractivity contribution in [3.63, 3.8) is 0 Å². The maximum absolute atomic E-state index is 14.6. The largest absolute Gasteiger partial charge is 0.464 e. The van der Waals surface area contributed by atoms with Crippen LogP contribution in [-0.4, -0.2) is 41.5 Å². The Bertz CT molecular complexity index is 1130. The number of carbonyl (C=O) groups is 1. The second-order valence-corrected chi connectivity index (χ2v) is 9.08. The SMILES string of the molecule is Cc1ccc(CN(C)C(=O)Nc2c(-c3ccccc3F)ccnc2N2CCC(F)(P)C2)o1.